The first kappa shape index (κ1) is 17.2. The fourth-order valence-electron chi connectivity index (χ4n) is 2.42. The van der Waals surface area contributed by atoms with Gasteiger partial charge in [-0.1, -0.05) is 12.1 Å². The smallest absolute Gasteiger partial charge is 0.211 e. The maximum atomic E-state index is 5.87. The Bertz CT molecular complexity index is 533. The minimum atomic E-state index is -0.0631. The molecule has 1 aromatic carbocycles. The van der Waals surface area contributed by atoms with Crippen LogP contribution in [0.15, 0.2) is 34.5 Å². The van der Waals surface area contributed by atoms with Gasteiger partial charge in [-0.05, 0) is 25.6 Å². The maximum Gasteiger partial charge on any atom is 0.211 e. The fraction of sp³-hybridized carbons (Fsp3) is 0.500. The summed E-state index contributed by atoms with van der Waals surface area (Å²) in [5.74, 6) is 0.729. The SMILES string of the molecule is CN1CCN(CCCOc2ccccc2C=NN=C(N)N)CC1. The van der Waals surface area contributed by atoms with Crippen LogP contribution < -0.4 is 16.2 Å². The van der Waals surface area contributed by atoms with Crippen LogP contribution in [0, 0.1) is 0 Å². The lowest BCUT2D eigenvalue weighted by Gasteiger charge is -2.32. The van der Waals surface area contributed by atoms with Crippen molar-refractivity contribution in [3.63, 3.8) is 0 Å². The van der Waals surface area contributed by atoms with Crippen molar-refractivity contribution in [1.82, 2.24) is 9.80 Å². The zero-order chi connectivity index (χ0) is 16.5. The van der Waals surface area contributed by atoms with Gasteiger partial charge in [0.15, 0.2) is 0 Å². The Morgan fingerprint density at radius 1 is 1.22 bits per heavy atom. The van der Waals surface area contributed by atoms with Crippen molar-refractivity contribution < 1.29 is 4.74 Å². The highest BCUT2D eigenvalue weighted by Crippen LogP contribution is 2.16. The number of benzene rings is 1. The minimum absolute atomic E-state index is 0.0631. The molecule has 0 saturated carbocycles. The van der Waals surface area contributed by atoms with E-state index >= 15 is 0 Å². The van der Waals surface area contributed by atoms with E-state index in [-0.39, 0.29) is 5.96 Å². The van der Waals surface area contributed by atoms with Crippen LogP contribution in [-0.4, -0.2) is 68.4 Å². The van der Waals surface area contributed by atoms with Gasteiger partial charge in [-0.3, -0.25) is 0 Å². The number of para-hydroxylation sites is 1. The van der Waals surface area contributed by atoms with Crippen LogP contribution in [0.5, 0.6) is 5.75 Å². The monoisotopic (exact) mass is 318 g/mol. The van der Waals surface area contributed by atoms with Gasteiger partial charge in [0.25, 0.3) is 0 Å². The van der Waals surface area contributed by atoms with Crippen LogP contribution >= 0.6 is 0 Å². The van der Waals surface area contributed by atoms with E-state index in [1.54, 1.807) is 6.21 Å². The Morgan fingerprint density at radius 3 is 2.70 bits per heavy atom. The molecule has 0 atom stereocenters. The average Bonchev–Trinajstić information content (AvgIpc) is 2.54. The number of piperazine rings is 1. The summed E-state index contributed by atoms with van der Waals surface area (Å²) in [5.41, 5.74) is 11.4. The summed E-state index contributed by atoms with van der Waals surface area (Å²) in [6.07, 6.45) is 2.60. The summed E-state index contributed by atoms with van der Waals surface area (Å²) in [6.45, 7) is 6.31. The van der Waals surface area contributed by atoms with Crippen molar-refractivity contribution in [2.75, 3.05) is 46.4 Å². The molecule has 23 heavy (non-hydrogen) atoms. The Morgan fingerprint density at radius 2 is 1.96 bits per heavy atom. The van der Waals surface area contributed by atoms with Gasteiger partial charge < -0.3 is 26.0 Å². The van der Waals surface area contributed by atoms with Gasteiger partial charge in [-0.2, -0.15) is 5.10 Å². The standard InChI is InChI=1S/C16H26N6O/c1-21-8-10-22(11-9-21)7-4-12-23-15-6-3-2-5-14(15)13-19-20-16(17)18/h2-3,5-6,13H,4,7-12H2,1H3,(H4,17,18,20). The van der Waals surface area contributed by atoms with E-state index in [1.165, 1.54) is 0 Å². The molecule has 0 spiro atoms. The van der Waals surface area contributed by atoms with Crippen molar-refractivity contribution >= 4 is 12.2 Å². The summed E-state index contributed by atoms with van der Waals surface area (Å²) in [4.78, 5) is 4.84. The summed E-state index contributed by atoms with van der Waals surface area (Å²) < 4.78 is 5.87. The molecule has 1 heterocycles. The van der Waals surface area contributed by atoms with Crippen LogP contribution in [0.3, 0.4) is 0 Å². The lowest BCUT2D eigenvalue weighted by Crippen LogP contribution is -2.44. The molecule has 7 heteroatoms. The van der Waals surface area contributed by atoms with E-state index in [0.29, 0.717) is 6.61 Å². The number of rotatable bonds is 7. The molecule has 2 rings (SSSR count). The number of hydrogen-bond acceptors (Lipinski definition) is 5. The van der Waals surface area contributed by atoms with Crippen LogP contribution in [0.25, 0.3) is 0 Å². The van der Waals surface area contributed by atoms with Crippen molar-refractivity contribution in [3.05, 3.63) is 29.8 Å². The Balaban J connectivity index is 1.77. The molecule has 0 amide bonds. The predicted molar refractivity (Wildman–Crippen MR) is 93.9 cm³/mol. The summed E-state index contributed by atoms with van der Waals surface area (Å²) >= 11 is 0. The fourth-order valence-corrected chi connectivity index (χ4v) is 2.42. The number of nitrogens with two attached hydrogens (primary N) is 2. The van der Waals surface area contributed by atoms with E-state index in [4.69, 9.17) is 16.2 Å². The number of guanidine groups is 1. The van der Waals surface area contributed by atoms with Crippen molar-refractivity contribution in [1.29, 1.82) is 0 Å². The van der Waals surface area contributed by atoms with Crippen LogP contribution in [-0.2, 0) is 0 Å². The van der Waals surface area contributed by atoms with Gasteiger partial charge in [0.2, 0.25) is 5.96 Å². The highest BCUT2D eigenvalue weighted by molar-refractivity contribution is 5.84. The zero-order valence-electron chi connectivity index (χ0n) is 13.7. The van der Waals surface area contributed by atoms with Crippen molar-refractivity contribution in [2.45, 2.75) is 6.42 Å². The van der Waals surface area contributed by atoms with Crippen LogP contribution in [0.4, 0.5) is 0 Å². The molecule has 0 bridgehead atoms. The second kappa shape index (κ2) is 9.12. The molecule has 1 fully saturated rings. The third kappa shape index (κ3) is 6.25. The van der Waals surface area contributed by atoms with Crippen molar-refractivity contribution in [2.24, 2.45) is 21.7 Å². The molecule has 0 radical (unpaired) electrons. The Kier molecular flexibility index (Phi) is 6.83. The Labute approximate surface area is 137 Å². The highest BCUT2D eigenvalue weighted by atomic mass is 16.5. The zero-order valence-corrected chi connectivity index (χ0v) is 13.7. The van der Waals surface area contributed by atoms with E-state index < -0.39 is 0 Å². The molecule has 126 valence electrons. The number of hydrogen-bond donors (Lipinski definition) is 2. The summed E-state index contributed by atoms with van der Waals surface area (Å²) in [5, 5.41) is 7.43. The van der Waals surface area contributed by atoms with E-state index in [2.05, 4.69) is 27.1 Å². The molecule has 7 nitrogen and oxygen atoms in total. The van der Waals surface area contributed by atoms with Crippen molar-refractivity contribution in [3.8, 4) is 5.75 Å². The third-order valence-electron chi connectivity index (χ3n) is 3.76. The van der Waals surface area contributed by atoms with E-state index in [1.807, 2.05) is 24.3 Å². The van der Waals surface area contributed by atoms with Crippen LogP contribution in [0.2, 0.25) is 0 Å². The second-order valence-electron chi connectivity index (χ2n) is 5.65. The topological polar surface area (TPSA) is 92.5 Å². The molecule has 1 aliphatic heterocycles. The largest absolute Gasteiger partial charge is 0.493 e. The molecular formula is C16H26N6O. The van der Waals surface area contributed by atoms with Gasteiger partial charge in [0.1, 0.15) is 5.75 Å². The quantitative estimate of drug-likeness (QED) is 0.327. The average molecular weight is 318 g/mol. The molecule has 0 aromatic heterocycles. The molecule has 1 saturated heterocycles. The minimum Gasteiger partial charge on any atom is -0.493 e. The van der Waals surface area contributed by atoms with Gasteiger partial charge >= 0.3 is 0 Å². The van der Waals surface area contributed by atoms with E-state index in [9.17, 15) is 0 Å². The molecule has 0 unspecified atom stereocenters. The summed E-state index contributed by atoms with van der Waals surface area (Å²) in [7, 11) is 2.17. The first-order chi connectivity index (χ1) is 11.1. The number of nitrogens with zero attached hydrogens (tertiary/aromatic N) is 4. The number of ether oxygens (including phenoxy) is 1. The van der Waals surface area contributed by atoms with Gasteiger partial charge in [0, 0.05) is 38.3 Å². The van der Waals surface area contributed by atoms with Gasteiger partial charge in [-0.25, -0.2) is 0 Å². The van der Waals surface area contributed by atoms with Crippen LogP contribution in [0.1, 0.15) is 12.0 Å². The van der Waals surface area contributed by atoms with Gasteiger partial charge in [-0.15, -0.1) is 5.10 Å². The second-order valence-corrected chi connectivity index (χ2v) is 5.65. The summed E-state index contributed by atoms with van der Waals surface area (Å²) in [6, 6.07) is 7.70. The van der Waals surface area contributed by atoms with Gasteiger partial charge in [0.05, 0.1) is 12.8 Å². The molecule has 0 aliphatic carbocycles. The first-order valence-electron chi connectivity index (χ1n) is 7.90. The lowest BCUT2D eigenvalue weighted by molar-refractivity contribution is 0.145. The Hall–Kier alpha value is -2.12. The molecular weight excluding hydrogens is 292 g/mol. The third-order valence-corrected chi connectivity index (χ3v) is 3.76. The lowest BCUT2D eigenvalue weighted by atomic mass is 10.2. The molecule has 4 N–H and O–H groups in total. The first-order valence-corrected chi connectivity index (χ1v) is 7.90. The molecule has 1 aromatic rings. The number of likely N-dealkylation sites (N-methyl/N-ethyl adjacent to an activating group) is 1. The normalized spacial score (nSPS) is 16.6. The van der Waals surface area contributed by atoms with E-state index in [0.717, 1.165) is 50.5 Å². The highest BCUT2D eigenvalue weighted by Gasteiger charge is 2.12. The molecule has 1 aliphatic rings. The predicted octanol–water partition coefficient (Wildman–Crippen LogP) is 0.310. The maximum absolute atomic E-state index is 5.87.